The van der Waals surface area contributed by atoms with Crippen molar-refractivity contribution in [3.8, 4) is 0 Å². The molecule has 1 aliphatic rings. The number of methoxy groups -OCH3 is 1. The first-order valence-electron chi connectivity index (χ1n) is 7.70. The standard InChI is InChI=1S/C15H28N2O4/c1-12(10-21-2)9-16-14(20)17-11-15(8-13(18)19)6-4-3-5-7-15/h12H,3-11H2,1-2H3,(H,18,19)(H2,16,17,20). The van der Waals surface area contributed by atoms with Crippen LogP contribution in [0.4, 0.5) is 4.79 Å². The number of carbonyl (C=O) groups excluding carboxylic acids is 1. The van der Waals surface area contributed by atoms with E-state index in [0.29, 0.717) is 19.7 Å². The Bertz CT molecular complexity index is 341. The molecule has 0 aromatic carbocycles. The molecule has 1 atom stereocenters. The Labute approximate surface area is 126 Å². The minimum Gasteiger partial charge on any atom is -0.481 e. The van der Waals surface area contributed by atoms with Gasteiger partial charge in [-0.2, -0.15) is 0 Å². The van der Waals surface area contributed by atoms with Gasteiger partial charge in [0.05, 0.1) is 13.0 Å². The summed E-state index contributed by atoms with van der Waals surface area (Å²) in [4.78, 5) is 22.9. The van der Waals surface area contributed by atoms with Crippen molar-refractivity contribution in [1.82, 2.24) is 10.6 Å². The highest BCUT2D eigenvalue weighted by Gasteiger charge is 2.34. The number of nitrogens with one attached hydrogen (secondary N) is 2. The molecule has 1 saturated carbocycles. The smallest absolute Gasteiger partial charge is 0.314 e. The van der Waals surface area contributed by atoms with Gasteiger partial charge in [-0.05, 0) is 24.2 Å². The highest BCUT2D eigenvalue weighted by molar-refractivity contribution is 5.74. The lowest BCUT2D eigenvalue weighted by Gasteiger charge is -2.36. The topological polar surface area (TPSA) is 87.7 Å². The average Bonchev–Trinajstić information content (AvgIpc) is 2.43. The third-order valence-electron chi connectivity index (χ3n) is 4.13. The number of carbonyl (C=O) groups is 2. The molecule has 0 aromatic rings. The summed E-state index contributed by atoms with van der Waals surface area (Å²) >= 11 is 0. The maximum absolute atomic E-state index is 11.8. The molecule has 0 saturated heterocycles. The number of carboxylic acid groups (broad SMARTS) is 1. The fourth-order valence-corrected chi connectivity index (χ4v) is 2.98. The van der Waals surface area contributed by atoms with Crippen LogP contribution in [0.5, 0.6) is 0 Å². The lowest BCUT2D eigenvalue weighted by molar-refractivity contribution is -0.140. The molecule has 2 amide bonds. The van der Waals surface area contributed by atoms with Crippen molar-refractivity contribution in [2.75, 3.05) is 26.8 Å². The van der Waals surface area contributed by atoms with Crippen molar-refractivity contribution in [3.63, 3.8) is 0 Å². The molecule has 1 fully saturated rings. The second kappa shape index (κ2) is 8.87. The minimum atomic E-state index is -0.784. The Hall–Kier alpha value is -1.30. The van der Waals surface area contributed by atoms with Crippen LogP contribution in [-0.2, 0) is 9.53 Å². The molecule has 6 heteroatoms. The normalized spacial score (nSPS) is 18.8. The van der Waals surface area contributed by atoms with E-state index in [4.69, 9.17) is 9.84 Å². The number of hydrogen-bond acceptors (Lipinski definition) is 3. The predicted octanol–water partition coefficient (Wildman–Crippen LogP) is 1.99. The quantitative estimate of drug-likeness (QED) is 0.640. The highest BCUT2D eigenvalue weighted by atomic mass is 16.5. The molecule has 0 spiro atoms. The van der Waals surface area contributed by atoms with Gasteiger partial charge in [0.25, 0.3) is 0 Å². The van der Waals surface area contributed by atoms with Crippen molar-refractivity contribution >= 4 is 12.0 Å². The van der Waals surface area contributed by atoms with Crippen LogP contribution in [0.3, 0.4) is 0 Å². The Morgan fingerprint density at radius 3 is 2.48 bits per heavy atom. The van der Waals surface area contributed by atoms with Crippen molar-refractivity contribution < 1.29 is 19.4 Å². The zero-order valence-electron chi connectivity index (χ0n) is 13.1. The molecule has 3 N–H and O–H groups in total. The van der Waals surface area contributed by atoms with Crippen LogP contribution in [0.1, 0.15) is 45.4 Å². The van der Waals surface area contributed by atoms with E-state index in [1.165, 1.54) is 0 Å². The number of amides is 2. The van der Waals surface area contributed by atoms with Crippen LogP contribution in [0.15, 0.2) is 0 Å². The minimum absolute atomic E-state index is 0.132. The summed E-state index contributed by atoms with van der Waals surface area (Å²) in [6.07, 6.45) is 5.12. The van der Waals surface area contributed by atoms with Crippen molar-refractivity contribution in [2.24, 2.45) is 11.3 Å². The van der Waals surface area contributed by atoms with E-state index >= 15 is 0 Å². The number of carboxylic acids is 1. The van der Waals surface area contributed by atoms with Gasteiger partial charge in [0.15, 0.2) is 0 Å². The molecule has 1 rings (SSSR count). The fourth-order valence-electron chi connectivity index (χ4n) is 2.98. The summed E-state index contributed by atoms with van der Waals surface area (Å²) in [5.41, 5.74) is -0.278. The van der Waals surface area contributed by atoms with E-state index in [0.717, 1.165) is 32.1 Å². The van der Waals surface area contributed by atoms with Crippen LogP contribution in [0.25, 0.3) is 0 Å². The van der Waals surface area contributed by atoms with Crippen molar-refractivity contribution in [2.45, 2.75) is 45.4 Å². The highest BCUT2D eigenvalue weighted by Crippen LogP contribution is 2.38. The van der Waals surface area contributed by atoms with E-state index < -0.39 is 5.97 Å². The summed E-state index contributed by atoms with van der Waals surface area (Å²) in [5, 5.41) is 14.7. The van der Waals surface area contributed by atoms with Gasteiger partial charge in [-0.15, -0.1) is 0 Å². The van der Waals surface area contributed by atoms with Gasteiger partial charge in [0, 0.05) is 20.2 Å². The third kappa shape index (κ3) is 6.80. The largest absolute Gasteiger partial charge is 0.481 e. The zero-order valence-corrected chi connectivity index (χ0v) is 13.1. The Balaban J connectivity index is 2.38. The fraction of sp³-hybridized carbons (Fsp3) is 0.867. The van der Waals surface area contributed by atoms with Gasteiger partial charge in [-0.3, -0.25) is 4.79 Å². The molecule has 1 unspecified atom stereocenters. The van der Waals surface area contributed by atoms with Gasteiger partial charge in [0.1, 0.15) is 0 Å². The number of aliphatic carboxylic acids is 1. The van der Waals surface area contributed by atoms with E-state index in [2.05, 4.69) is 10.6 Å². The Kier molecular flexibility index (Phi) is 7.50. The first-order chi connectivity index (χ1) is 9.97. The summed E-state index contributed by atoms with van der Waals surface area (Å²) < 4.78 is 5.01. The van der Waals surface area contributed by atoms with Gasteiger partial charge in [0.2, 0.25) is 0 Å². The number of urea groups is 1. The molecule has 0 radical (unpaired) electrons. The van der Waals surface area contributed by atoms with E-state index in [9.17, 15) is 9.59 Å². The Morgan fingerprint density at radius 1 is 1.24 bits per heavy atom. The van der Waals surface area contributed by atoms with Gasteiger partial charge in [-0.25, -0.2) is 4.79 Å². The lowest BCUT2D eigenvalue weighted by atomic mass is 9.72. The number of rotatable bonds is 8. The molecule has 21 heavy (non-hydrogen) atoms. The Morgan fingerprint density at radius 2 is 1.90 bits per heavy atom. The molecular formula is C15H28N2O4. The second-order valence-electron chi connectivity index (χ2n) is 6.26. The summed E-state index contributed by atoms with van der Waals surface area (Å²) in [5.74, 6) is -0.531. The van der Waals surface area contributed by atoms with Gasteiger partial charge in [-0.1, -0.05) is 26.2 Å². The molecule has 122 valence electrons. The lowest BCUT2D eigenvalue weighted by Crippen LogP contribution is -2.45. The maximum atomic E-state index is 11.8. The monoisotopic (exact) mass is 300 g/mol. The van der Waals surface area contributed by atoms with Crippen LogP contribution in [0.2, 0.25) is 0 Å². The zero-order chi connectivity index (χ0) is 15.7. The molecular weight excluding hydrogens is 272 g/mol. The van der Waals surface area contributed by atoms with Crippen molar-refractivity contribution in [1.29, 1.82) is 0 Å². The number of hydrogen-bond donors (Lipinski definition) is 3. The maximum Gasteiger partial charge on any atom is 0.314 e. The average molecular weight is 300 g/mol. The molecule has 0 aliphatic heterocycles. The molecule has 6 nitrogen and oxygen atoms in total. The van der Waals surface area contributed by atoms with Gasteiger partial charge < -0.3 is 20.5 Å². The molecule has 0 bridgehead atoms. The van der Waals surface area contributed by atoms with Crippen LogP contribution in [0, 0.1) is 11.3 Å². The van der Waals surface area contributed by atoms with Crippen molar-refractivity contribution in [3.05, 3.63) is 0 Å². The summed E-state index contributed by atoms with van der Waals surface area (Å²) in [6.45, 7) is 3.58. The second-order valence-corrected chi connectivity index (χ2v) is 6.26. The van der Waals surface area contributed by atoms with E-state index in [1.54, 1.807) is 7.11 Å². The first kappa shape index (κ1) is 17.8. The van der Waals surface area contributed by atoms with E-state index in [-0.39, 0.29) is 23.8 Å². The van der Waals surface area contributed by atoms with Crippen LogP contribution < -0.4 is 10.6 Å². The van der Waals surface area contributed by atoms with Crippen LogP contribution in [-0.4, -0.2) is 43.9 Å². The van der Waals surface area contributed by atoms with Gasteiger partial charge >= 0.3 is 12.0 Å². The van der Waals surface area contributed by atoms with Crippen LogP contribution >= 0.6 is 0 Å². The third-order valence-corrected chi connectivity index (χ3v) is 4.13. The molecule has 0 heterocycles. The molecule has 1 aliphatic carbocycles. The predicted molar refractivity (Wildman–Crippen MR) is 80.2 cm³/mol. The first-order valence-corrected chi connectivity index (χ1v) is 7.70. The SMILES string of the molecule is COCC(C)CNC(=O)NCC1(CC(=O)O)CCCCC1. The summed E-state index contributed by atoms with van der Waals surface area (Å²) in [6, 6.07) is -0.228. The molecule has 0 aromatic heterocycles. The van der Waals surface area contributed by atoms with E-state index in [1.807, 2.05) is 6.92 Å². The number of ether oxygens (including phenoxy) is 1. The summed E-state index contributed by atoms with van der Waals surface area (Å²) in [7, 11) is 1.63.